The molecule has 0 saturated carbocycles. The monoisotopic (exact) mass is 372 g/mol. The molecule has 0 aliphatic rings. The van der Waals surface area contributed by atoms with Crippen LogP contribution in [0.2, 0.25) is 0 Å². The summed E-state index contributed by atoms with van der Waals surface area (Å²) in [6.07, 6.45) is 0.494. The number of aliphatic carboxylic acids is 1. The summed E-state index contributed by atoms with van der Waals surface area (Å²) in [4.78, 5) is 33.0. The molecule has 0 atom stereocenters. The summed E-state index contributed by atoms with van der Waals surface area (Å²) in [5, 5.41) is 22.1. The number of ether oxygens (including phenoxy) is 1. The molecule has 0 saturated heterocycles. The quantitative estimate of drug-likeness (QED) is 0.397. The fraction of sp³-hybridized carbons (Fsp3) is 0.263. The van der Waals surface area contributed by atoms with E-state index in [2.05, 4.69) is 5.32 Å². The SMILES string of the molecule is Cc1cc(C(=O)NCc2ccc(OCCCC(=O)O)cc2)ccc1[N+](=O)[O-]. The molecule has 0 aliphatic heterocycles. The standard InChI is InChI=1S/C19H20N2O6/c1-13-11-15(6-9-17(13)21(25)26)19(24)20-12-14-4-7-16(8-5-14)27-10-2-3-18(22)23/h4-9,11H,2-3,10,12H2,1H3,(H,20,24)(H,22,23). The van der Waals surface area contributed by atoms with Gasteiger partial charge >= 0.3 is 5.97 Å². The van der Waals surface area contributed by atoms with Crippen LogP contribution in [-0.2, 0) is 11.3 Å². The average Bonchev–Trinajstić information content (AvgIpc) is 2.63. The first-order valence-corrected chi connectivity index (χ1v) is 8.33. The van der Waals surface area contributed by atoms with Gasteiger partial charge in [-0.3, -0.25) is 19.7 Å². The van der Waals surface area contributed by atoms with Crippen LogP contribution in [0.5, 0.6) is 5.75 Å². The van der Waals surface area contributed by atoms with E-state index in [0.717, 1.165) is 5.56 Å². The highest BCUT2D eigenvalue weighted by Crippen LogP contribution is 2.19. The minimum Gasteiger partial charge on any atom is -0.494 e. The molecule has 0 fully saturated rings. The molecule has 27 heavy (non-hydrogen) atoms. The highest BCUT2D eigenvalue weighted by molar-refractivity contribution is 5.94. The molecule has 1 amide bonds. The molecule has 0 spiro atoms. The Bertz CT molecular complexity index is 833. The number of nitro benzene ring substituents is 1. The van der Waals surface area contributed by atoms with E-state index in [0.29, 0.717) is 36.4 Å². The van der Waals surface area contributed by atoms with Crippen molar-refractivity contribution in [1.82, 2.24) is 5.32 Å². The first-order chi connectivity index (χ1) is 12.9. The first kappa shape index (κ1) is 19.9. The largest absolute Gasteiger partial charge is 0.494 e. The number of nitro groups is 1. The Morgan fingerprint density at radius 1 is 1.19 bits per heavy atom. The summed E-state index contributed by atoms with van der Waals surface area (Å²) in [6, 6.07) is 11.3. The van der Waals surface area contributed by atoms with Gasteiger partial charge in [-0.05, 0) is 43.2 Å². The third kappa shape index (κ3) is 6.10. The topological polar surface area (TPSA) is 119 Å². The maximum absolute atomic E-state index is 12.2. The molecule has 0 aromatic heterocycles. The van der Waals surface area contributed by atoms with Crippen LogP contribution < -0.4 is 10.1 Å². The summed E-state index contributed by atoms with van der Waals surface area (Å²) >= 11 is 0. The van der Waals surface area contributed by atoms with E-state index in [1.165, 1.54) is 18.2 Å². The van der Waals surface area contributed by atoms with Crippen LogP contribution in [0.25, 0.3) is 0 Å². The van der Waals surface area contributed by atoms with Gasteiger partial charge in [0, 0.05) is 30.2 Å². The van der Waals surface area contributed by atoms with E-state index >= 15 is 0 Å². The van der Waals surface area contributed by atoms with Gasteiger partial charge in [0.1, 0.15) is 5.75 Å². The summed E-state index contributed by atoms with van der Waals surface area (Å²) < 4.78 is 5.44. The van der Waals surface area contributed by atoms with Gasteiger partial charge in [-0.15, -0.1) is 0 Å². The van der Waals surface area contributed by atoms with E-state index in [1.54, 1.807) is 31.2 Å². The van der Waals surface area contributed by atoms with Crippen molar-refractivity contribution in [3.8, 4) is 5.75 Å². The molecule has 0 unspecified atom stereocenters. The van der Waals surface area contributed by atoms with E-state index in [-0.39, 0.29) is 18.0 Å². The highest BCUT2D eigenvalue weighted by atomic mass is 16.6. The fourth-order valence-electron chi connectivity index (χ4n) is 2.40. The Labute approximate surface area is 155 Å². The van der Waals surface area contributed by atoms with Gasteiger partial charge in [-0.2, -0.15) is 0 Å². The molecule has 2 aromatic rings. The zero-order valence-corrected chi connectivity index (χ0v) is 14.8. The number of rotatable bonds is 9. The Morgan fingerprint density at radius 3 is 2.48 bits per heavy atom. The zero-order chi connectivity index (χ0) is 19.8. The van der Waals surface area contributed by atoms with E-state index in [1.807, 2.05) is 0 Å². The summed E-state index contributed by atoms with van der Waals surface area (Å²) in [6.45, 7) is 2.21. The van der Waals surface area contributed by atoms with Crippen LogP contribution in [0.15, 0.2) is 42.5 Å². The fourth-order valence-corrected chi connectivity index (χ4v) is 2.40. The third-order valence-electron chi connectivity index (χ3n) is 3.84. The number of hydrogen-bond acceptors (Lipinski definition) is 5. The van der Waals surface area contributed by atoms with Crippen LogP contribution in [0.3, 0.4) is 0 Å². The molecule has 0 aliphatic carbocycles. The number of amides is 1. The van der Waals surface area contributed by atoms with Crippen molar-refractivity contribution in [1.29, 1.82) is 0 Å². The third-order valence-corrected chi connectivity index (χ3v) is 3.84. The van der Waals surface area contributed by atoms with Gasteiger partial charge in [-0.1, -0.05) is 12.1 Å². The molecule has 8 heteroatoms. The predicted octanol–water partition coefficient (Wildman–Crippen LogP) is 3.08. The van der Waals surface area contributed by atoms with Gasteiger partial charge in [-0.25, -0.2) is 0 Å². The van der Waals surface area contributed by atoms with E-state index < -0.39 is 10.9 Å². The van der Waals surface area contributed by atoms with Crippen LogP contribution in [0.4, 0.5) is 5.69 Å². The van der Waals surface area contributed by atoms with E-state index in [4.69, 9.17) is 9.84 Å². The second-order valence-electron chi connectivity index (χ2n) is 5.93. The van der Waals surface area contributed by atoms with Crippen LogP contribution in [0.1, 0.15) is 34.3 Å². The number of nitrogens with zero attached hydrogens (tertiary/aromatic N) is 1. The summed E-state index contributed by atoms with van der Waals surface area (Å²) in [5.74, 6) is -0.545. The van der Waals surface area contributed by atoms with E-state index in [9.17, 15) is 19.7 Å². The molecule has 0 radical (unpaired) electrons. The Morgan fingerprint density at radius 2 is 1.89 bits per heavy atom. The molecule has 8 nitrogen and oxygen atoms in total. The number of carbonyl (C=O) groups excluding carboxylic acids is 1. The van der Waals surface area contributed by atoms with Crippen molar-refractivity contribution in [2.24, 2.45) is 0 Å². The van der Waals surface area contributed by atoms with Gasteiger partial charge in [0.05, 0.1) is 11.5 Å². The number of carbonyl (C=O) groups is 2. The van der Waals surface area contributed by atoms with Crippen LogP contribution in [0, 0.1) is 17.0 Å². The Kier molecular flexibility index (Phi) is 6.87. The Balaban J connectivity index is 1.85. The summed E-state index contributed by atoms with van der Waals surface area (Å²) in [7, 11) is 0. The van der Waals surface area contributed by atoms with Crippen molar-refractivity contribution in [2.75, 3.05) is 6.61 Å². The number of nitrogens with one attached hydrogen (secondary N) is 1. The maximum atomic E-state index is 12.2. The lowest BCUT2D eigenvalue weighted by atomic mass is 10.1. The molecular weight excluding hydrogens is 352 g/mol. The lowest BCUT2D eigenvalue weighted by molar-refractivity contribution is -0.385. The minimum absolute atomic E-state index is 0.0227. The Hall–Kier alpha value is -3.42. The normalized spacial score (nSPS) is 10.3. The van der Waals surface area contributed by atoms with Crippen molar-refractivity contribution < 1.29 is 24.4 Å². The molecule has 0 heterocycles. The second kappa shape index (κ2) is 9.33. The van der Waals surface area contributed by atoms with Crippen molar-refractivity contribution >= 4 is 17.6 Å². The number of hydrogen-bond donors (Lipinski definition) is 2. The lowest BCUT2D eigenvalue weighted by Gasteiger charge is -2.08. The number of benzene rings is 2. The van der Waals surface area contributed by atoms with Gasteiger partial charge in [0.15, 0.2) is 0 Å². The van der Waals surface area contributed by atoms with Crippen molar-refractivity contribution in [2.45, 2.75) is 26.3 Å². The first-order valence-electron chi connectivity index (χ1n) is 8.33. The highest BCUT2D eigenvalue weighted by Gasteiger charge is 2.13. The van der Waals surface area contributed by atoms with Crippen molar-refractivity contribution in [3.05, 3.63) is 69.3 Å². The van der Waals surface area contributed by atoms with Crippen molar-refractivity contribution in [3.63, 3.8) is 0 Å². The number of carboxylic acid groups (broad SMARTS) is 1. The molecule has 2 rings (SSSR count). The number of aryl methyl sites for hydroxylation is 1. The smallest absolute Gasteiger partial charge is 0.303 e. The number of carboxylic acids is 1. The lowest BCUT2D eigenvalue weighted by Crippen LogP contribution is -2.22. The van der Waals surface area contributed by atoms with Crippen LogP contribution in [-0.4, -0.2) is 28.5 Å². The predicted molar refractivity (Wildman–Crippen MR) is 97.8 cm³/mol. The zero-order valence-electron chi connectivity index (χ0n) is 14.8. The molecular formula is C19H20N2O6. The minimum atomic E-state index is -0.854. The van der Waals surface area contributed by atoms with Gasteiger partial charge < -0.3 is 15.2 Å². The molecule has 2 N–H and O–H groups in total. The van der Waals surface area contributed by atoms with Crippen LogP contribution >= 0.6 is 0 Å². The summed E-state index contributed by atoms with van der Waals surface area (Å²) in [5.41, 5.74) is 1.62. The molecule has 2 aromatic carbocycles. The van der Waals surface area contributed by atoms with Gasteiger partial charge in [0.25, 0.3) is 11.6 Å². The average molecular weight is 372 g/mol. The maximum Gasteiger partial charge on any atom is 0.303 e. The molecule has 142 valence electrons. The second-order valence-corrected chi connectivity index (χ2v) is 5.93. The van der Waals surface area contributed by atoms with Gasteiger partial charge in [0.2, 0.25) is 0 Å². The molecule has 0 bridgehead atoms.